The molecule has 2 aliphatic rings. The van der Waals surface area contributed by atoms with Crippen LogP contribution in [0.1, 0.15) is 30.9 Å². The lowest BCUT2D eigenvalue weighted by molar-refractivity contribution is -0.137. The van der Waals surface area contributed by atoms with Crippen LogP contribution in [-0.4, -0.2) is 38.9 Å². The first kappa shape index (κ1) is 19.9. The summed E-state index contributed by atoms with van der Waals surface area (Å²) in [4.78, 5) is 14.7. The van der Waals surface area contributed by atoms with Gasteiger partial charge >= 0.3 is 0 Å². The number of rotatable bonds is 7. The fourth-order valence-corrected chi connectivity index (χ4v) is 4.66. The zero-order valence-corrected chi connectivity index (χ0v) is 17.4. The quantitative estimate of drug-likeness (QED) is 0.707. The van der Waals surface area contributed by atoms with Crippen molar-refractivity contribution >= 4 is 15.9 Å². The molecular formula is C22H26N2O4S. The van der Waals surface area contributed by atoms with Gasteiger partial charge in [-0.3, -0.25) is 4.79 Å². The van der Waals surface area contributed by atoms with E-state index in [1.807, 2.05) is 48.2 Å². The molecule has 2 aromatic carbocycles. The minimum absolute atomic E-state index is 0.174. The van der Waals surface area contributed by atoms with Gasteiger partial charge in [0.05, 0.1) is 4.90 Å². The summed E-state index contributed by atoms with van der Waals surface area (Å²) in [5, 5.41) is 0. The number of hydrogen-bond donors (Lipinski definition) is 1. The fraction of sp³-hybridized carbons (Fsp3) is 0.409. The van der Waals surface area contributed by atoms with E-state index in [9.17, 15) is 13.2 Å². The van der Waals surface area contributed by atoms with E-state index in [1.165, 1.54) is 0 Å². The van der Waals surface area contributed by atoms with E-state index in [2.05, 4.69) is 4.72 Å². The third-order valence-electron chi connectivity index (χ3n) is 5.71. The SMILES string of the molecule is CC1(C(=O)N2CCc3cc(S(=O)(=O)NCCOc4ccccc4)ccc3C2)CC1. The number of benzene rings is 2. The van der Waals surface area contributed by atoms with Crippen molar-refractivity contribution in [3.63, 3.8) is 0 Å². The monoisotopic (exact) mass is 414 g/mol. The number of para-hydroxylation sites is 1. The van der Waals surface area contributed by atoms with Crippen LogP contribution in [0.3, 0.4) is 0 Å². The maximum Gasteiger partial charge on any atom is 0.240 e. The average Bonchev–Trinajstić information content (AvgIpc) is 3.49. The second kappa shape index (κ2) is 7.80. The molecule has 6 nitrogen and oxygen atoms in total. The molecule has 0 unspecified atom stereocenters. The van der Waals surface area contributed by atoms with E-state index >= 15 is 0 Å². The third-order valence-corrected chi connectivity index (χ3v) is 7.17. The summed E-state index contributed by atoms with van der Waals surface area (Å²) in [7, 11) is -3.60. The summed E-state index contributed by atoms with van der Waals surface area (Å²) in [6.07, 6.45) is 2.61. The number of carbonyl (C=O) groups is 1. The maximum absolute atomic E-state index is 12.6. The van der Waals surface area contributed by atoms with Gasteiger partial charge in [0.1, 0.15) is 12.4 Å². The number of hydrogen-bond acceptors (Lipinski definition) is 4. The first-order chi connectivity index (χ1) is 13.9. The Labute approximate surface area is 171 Å². The van der Waals surface area contributed by atoms with Crippen molar-refractivity contribution < 1.29 is 17.9 Å². The summed E-state index contributed by atoms with van der Waals surface area (Å²) >= 11 is 0. The molecule has 154 valence electrons. The molecule has 1 aliphatic heterocycles. The van der Waals surface area contributed by atoms with Crippen molar-refractivity contribution in [2.45, 2.75) is 37.6 Å². The fourth-order valence-electron chi connectivity index (χ4n) is 3.60. The topological polar surface area (TPSA) is 75.7 Å². The zero-order chi connectivity index (χ0) is 20.5. The van der Waals surface area contributed by atoms with Crippen molar-refractivity contribution in [2.24, 2.45) is 5.41 Å². The Morgan fingerprint density at radius 1 is 1.14 bits per heavy atom. The van der Waals surface area contributed by atoms with Crippen LogP contribution in [-0.2, 0) is 27.8 Å². The Hall–Kier alpha value is -2.38. The van der Waals surface area contributed by atoms with E-state index in [-0.39, 0.29) is 29.4 Å². The van der Waals surface area contributed by atoms with Gasteiger partial charge in [-0.25, -0.2) is 13.1 Å². The number of sulfonamides is 1. The third kappa shape index (κ3) is 4.46. The zero-order valence-electron chi connectivity index (χ0n) is 16.6. The van der Waals surface area contributed by atoms with Crippen LogP contribution in [0.2, 0.25) is 0 Å². The van der Waals surface area contributed by atoms with Crippen molar-refractivity contribution in [3.8, 4) is 5.75 Å². The van der Waals surface area contributed by atoms with Gasteiger partial charge in [-0.1, -0.05) is 31.2 Å². The molecule has 0 aromatic heterocycles. The molecule has 1 fully saturated rings. The highest BCUT2D eigenvalue weighted by molar-refractivity contribution is 7.89. The van der Waals surface area contributed by atoms with Gasteiger partial charge in [-0.15, -0.1) is 0 Å². The van der Waals surface area contributed by atoms with Crippen molar-refractivity contribution in [3.05, 3.63) is 59.7 Å². The number of nitrogens with one attached hydrogen (secondary N) is 1. The van der Waals surface area contributed by atoms with Gasteiger partial charge in [0.15, 0.2) is 0 Å². The van der Waals surface area contributed by atoms with Gasteiger partial charge in [0.25, 0.3) is 0 Å². The minimum atomic E-state index is -3.60. The lowest BCUT2D eigenvalue weighted by Crippen LogP contribution is -2.40. The second-order valence-corrected chi connectivity index (χ2v) is 9.79. The second-order valence-electron chi connectivity index (χ2n) is 8.03. The summed E-state index contributed by atoms with van der Waals surface area (Å²) in [6.45, 7) is 3.67. The summed E-state index contributed by atoms with van der Waals surface area (Å²) in [5.74, 6) is 0.930. The minimum Gasteiger partial charge on any atom is -0.492 e. The van der Waals surface area contributed by atoms with Crippen molar-refractivity contribution in [1.29, 1.82) is 0 Å². The van der Waals surface area contributed by atoms with Crippen LogP contribution in [0.25, 0.3) is 0 Å². The van der Waals surface area contributed by atoms with E-state index in [4.69, 9.17) is 4.74 Å². The Morgan fingerprint density at radius 3 is 2.62 bits per heavy atom. The molecule has 1 aliphatic carbocycles. The van der Waals surface area contributed by atoms with Crippen LogP contribution in [0.15, 0.2) is 53.4 Å². The standard InChI is InChI=1S/C22H26N2O4S/c1-22(10-11-22)21(25)24-13-9-17-15-20(8-7-18(17)16-24)29(26,27)23-12-14-28-19-5-3-2-4-6-19/h2-8,15,23H,9-14,16H2,1H3. The Balaban J connectivity index is 1.36. The van der Waals surface area contributed by atoms with Crippen LogP contribution < -0.4 is 9.46 Å². The van der Waals surface area contributed by atoms with Crippen molar-refractivity contribution in [2.75, 3.05) is 19.7 Å². The molecule has 29 heavy (non-hydrogen) atoms. The number of ether oxygens (including phenoxy) is 1. The van der Waals surface area contributed by atoms with Crippen LogP contribution in [0, 0.1) is 5.41 Å². The number of nitrogens with zero attached hydrogens (tertiary/aromatic N) is 1. The molecule has 0 bridgehead atoms. The highest BCUT2D eigenvalue weighted by Crippen LogP contribution is 2.47. The van der Waals surface area contributed by atoms with Crippen LogP contribution in [0.4, 0.5) is 0 Å². The molecule has 0 atom stereocenters. The van der Waals surface area contributed by atoms with Crippen LogP contribution in [0.5, 0.6) is 5.75 Å². The normalized spacial score (nSPS) is 17.5. The largest absolute Gasteiger partial charge is 0.492 e. The number of fused-ring (bicyclic) bond motifs is 1. The van der Waals surface area contributed by atoms with E-state index in [1.54, 1.807) is 12.1 Å². The highest BCUT2D eigenvalue weighted by atomic mass is 32.2. The Kier molecular flexibility index (Phi) is 5.36. The molecule has 1 N–H and O–H groups in total. The van der Waals surface area contributed by atoms with E-state index in [0.717, 1.165) is 24.0 Å². The molecule has 1 heterocycles. The molecule has 7 heteroatoms. The van der Waals surface area contributed by atoms with Gasteiger partial charge in [0.2, 0.25) is 15.9 Å². The smallest absolute Gasteiger partial charge is 0.240 e. The first-order valence-electron chi connectivity index (χ1n) is 9.96. The molecule has 0 spiro atoms. The molecule has 1 amide bonds. The molecular weight excluding hydrogens is 388 g/mol. The van der Waals surface area contributed by atoms with Crippen LogP contribution >= 0.6 is 0 Å². The summed E-state index contributed by atoms with van der Waals surface area (Å²) in [5.41, 5.74) is 1.85. The summed E-state index contributed by atoms with van der Waals surface area (Å²) < 4.78 is 33.3. The van der Waals surface area contributed by atoms with E-state index < -0.39 is 10.0 Å². The van der Waals surface area contributed by atoms with E-state index in [0.29, 0.717) is 25.3 Å². The predicted octanol–water partition coefficient (Wildman–Crippen LogP) is 2.73. The molecule has 1 saturated carbocycles. The first-order valence-corrected chi connectivity index (χ1v) is 11.4. The van der Waals surface area contributed by atoms with Gasteiger partial charge in [-0.2, -0.15) is 0 Å². The molecule has 0 radical (unpaired) electrons. The predicted molar refractivity (Wildman–Crippen MR) is 110 cm³/mol. The van der Waals surface area contributed by atoms with Gasteiger partial charge in [0, 0.05) is 25.0 Å². The maximum atomic E-state index is 12.6. The Bertz CT molecular complexity index is 1000. The molecule has 0 saturated heterocycles. The molecule has 2 aromatic rings. The number of carbonyl (C=O) groups excluding carboxylic acids is 1. The average molecular weight is 415 g/mol. The van der Waals surface area contributed by atoms with Gasteiger partial charge < -0.3 is 9.64 Å². The summed E-state index contributed by atoms with van der Waals surface area (Å²) in [6, 6.07) is 14.5. The lowest BCUT2D eigenvalue weighted by atomic mass is 9.98. The highest BCUT2D eigenvalue weighted by Gasteiger charge is 2.47. The van der Waals surface area contributed by atoms with Crippen molar-refractivity contribution in [1.82, 2.24) is 9.62 Å². The molecule has 4 rings (SSSR count). The number of amides is 1. The lowest BCUT2D eigenvalue weighted by Gasteiger charge is -2.31. The Morgan fingerprint density at radius 2 is 1.90 bits per heavy atom. The van der Waals surface area contributed by atoms with Gasteiger partial charge in [-0.05, 0) is 54.7 Å².